The van der Waals surface area contributed by atoms with Gasteiger partial charge in [-0.2, -0.15) is 0 Å². The maximum absolute atomic E-state index is 12.1. The fourth-order valence-electron chi connectivity index (χ4n) is 1.69. The van der Waals surface area contributed by atoms with Gasteiger partial charge >= 0.3 is 0 Å². The minimum absolute atomic E-state index is 0.0418. The second kappa shape index (κ2) is 3.98. The van der Waals surface area contributed by atoms with Gasteiger partial charge in [0.15, 0.2) is 0 Å². The predicted octanol–water partition coefficient (Wildman–Crippen LogP) is 3.51. The molecule has 5 heteroatoms. The molecule has 0 bridgehead atoms. The quantitative estimate of drug-likeness (QED) is 0.719. The van der Waals surface area contributed by atoms with E-state index in [1.165, 1.54) is 11.3 Å². The van der Waals surface area contributed by atoms with Gasteiger partial charge in [-0.05, 0) is 24.3 Å². The van der Waals surface area contributed by atoms with Crippen molar-refractivity contribution in [2.45, 2.75) is 0 Å². The van der Waals surface area contributed by atoms with Crippen molar-refractivity contribution in [1.82, 2.24) is 9.97 Å². The summed E-state index contributed by atoms with van der Waals surface area (Å²) < 4.78 is 0. The normalized spacial score (nSPS) is 10.9. The number of carbonyl (C=O) groups is 1. The summed E-state index contributed by atoms with van der Waals surface area (Å²) in [5, 5.41) is 1.60. The Bertz CT molecular complexity index is 688. The monoisotopic (exact) mass is 262 g/mol. The van der Waals surface area contributed by atoms with E-state index in [0.717, 1.165) is 10.9 Å². The van der Waals surface area contributed by atoms with Gasteiger partial charge in [0.1, 0.15) is 0 Å². The van der Waals surface area contributed by atoms with E-state index in [1.54, 1.807) is 17.8 Å². The van der Waals surface area contributed by atoms with Crippen LogP contribution in [0.2, 0.25) is 5.02 Å². The van der Waals surface area contributed by atoms with Gasteiger partial charge < -0.3 is 4.98 Å². The maximum atomic E-state index is 12.1. The number of ketones is 1. The highest BCUT2D eigenvalue weighted by Gasteiger charge is 2.13. The Kier molecular flexibility index (Phi) is 2.46. The van der Waals surface area contributed by atoms with Crippen molar-refractivity contribution in [1.29, 1.82) is 0 Å². The Morgan fingerprint density at radius 1 is 1.35 bits per heavy atom. The van der Waals surface area contributed by atoms with E-state index in [2.05, 4.69) is 9.97 Å². The van der Waals surface area contributed by atoms with Gasteiger partial charge in [0.05, 0.1) is 16.1 Å². The summed E-state index contributed by atoms with van der Waals surface area (Å²) in [6.45, 7) is 0. The molecule has 0 fully saturated rings. The van der Waals surface area contributed by atoms with Crippen LogP contribution in [0.1, 0.15) is 15.4 Å². The number of aromatic nitrogens is 2. The number of aromatic amines is 1. The van der Waals surface area contributed by atoms with Gasteiger partial charge in [0.2, 0.25) is 5.78 Å². The Morgan fingerprint density at radius 2 is 2.24 bits per heavy atom. The summed E-state index contributed by atoms with van der Waals surface area (Å²) in [5.74, 6) is -0.0418. The van der Waals surface area contributed by atoms with Crippen LogP contribution in [0.3, 0.4) is 0 Å². The second-order valence-corrected chi connectivity index (χ2v) is 4.93. The minimum Gasteiger partial charge on any atom is -0.352 e. The third kappa shape index (κ3) is 1.85. The number of benzene rings is 1. The van der Waals surface area contributed by atoms with Crippen LogP contribution >= 0.6 is 22.9 Å². The van der Waals surface area contributed by atoms with Crippen molar-refractivity contribution in [2.75, 3.05) is 0 Å². The number of H-pyrrole nitrogens is 1. The van der Waals surface area contributed by atoms with Crippen molar-refractivity contribution in [2.24, 2.45) is 0 Å². The topological polar surface area (TPSA) is 45.8 Å². The molecule has 1 N–H and O–H groups in total. The number of hydrogen-bond acceptors (Lipinski definition) is 3. The van der Waals surface area contributed by atoms with E-state index in [1.807, 2.05) is 18.2 Å². The van der Waals surface area contributed by atoms with Gasteiger partial charge in [-0.25, -0.2) is 0 Å². The van der Waals surface area contributed by atoms with Crippen LogP contribution < -0.4 is 0 Å². The lowest BCUT2D eigenvalue weighted by molar-refractivity contribution is 0.103. The molecular weight excluding hydrogens is 256 g/mol. The predicted molar refractivity (Wildman–Crippen MR) is 68.9 cm³/mol. The van der Waals surface area contributed by atoms with Crippen molar-refractivity contribution in [3.8, 4) is 0 Å². The van der Waals surface area contributed by atoms with Gasteiger partial charge in [-0.15, -0.1) is 11.3 Å². The highest BCUT2D eigenvalue weighted by molar-refractivity contribution is 7.11. The van der Waals surface area contributed by atoms with E-state index in [9.17, 15) is 4.79 Å². The fourth-order valence-corrected chi connectivity index (χ4v) is 2.44. The molecule has 84 valence electrons. The van der Waals surface area contributed by atoms with E-state index in [0.29, 0.717) is 15.6 Å². The molecule has 0 aliphatic heterocycles. The fraction of sp³-hybridized carbons (Fsp3) is 0. The molecule has 0 unspecified atom stereocenters. The zero-order chi connectivity index (χ0) is 11.8. The number of nitrogens with one attached hydrogen (secondary N) is 1. The zero-order valence-corrected chi connectivity index (χ0v) is 10.2. The highest BCUT2D eigenvalue weighted by Crippen LogP contribution is 2.22. The van der Waals surface area contributed by atoms with E-state index < -0.39 is 0 Å². The van der Waals surface area contributed by atoms with E-state index in [4.69, 9.17) is 11.6 Å². The summed E-state index contributed by atoms with van der Waals surface area (Å²) in [7, 11) is 0. The number of fused-ring (bicyclic) bond motifs is 1. The van der Waals surface area contributed by atoms with Crippen molar-refractivity contribution >= 4 is 39.6 Å². The highest BCUT2D eigenvalue weighted by atomic mass is 35.5. The molecule has 3 nitrogen and oxygen atoms in total. The Hall–Kier alpha value is -1.65. The summed E-state index contributed by atoms with van der Waals surface area (Å²) >= 11 is 7.23. The molecule has 3 rings (SSSR count). The van der Waals surface area contributed by atoms with Crippen LogP contribution in [0.4, 0.5) is 0 Å². The number of rotatable bonds is 2. The third-order valence-corrected chi connectivity index (χ3v) is 3.49. The molecule has 2 heterocycles. The first-order valence-electron chi connectivity index (χ1n) is 4.95. The molecule has 0 saturated carbocycles. The molecule has 17 heavy (non-hydrogen) atoms. The molecule has 0 atom stereocenters. The number of carbonyl (C=O) groups excluding carboxylic acids is 1. The van der Waals surface area contributed by atoms with Gasteiger partial charge in [-0.3, -0.25) is 9.78 Å². The molecule has 0 spiro atoms. The summed E-state index contributed by atoms with van der Waals surface area (Å²) in [5.41, 5.74) is 3.11. The molecule has 0 saturated heterocycles. The third-order valence-electron chi connectivity index (χ3n) is 2.48. The number of hydrogen-bond donors (Lipinski definition) is 1. The Balaban J connectivity index is 2.09. The molecule has 3 aromatic rings. The largest absolute Gasteiger partial charge is 0.352 e. The van der Waals surface area contributed by atoms with E-state index >= 15 is 0 Å². The van der Waals surface area contributed by atoms with Crippen molar-refractivity contribution in [3.05, 3.63) is 51.6 Å². The second-order valence-electron chi connectivity index (χ2n) is 3.61. The molecule has 0 amide bonds. The standard InChI is InChI=1S/C12H7ClN2OS/c13-8-1-2-9-7(3-8)4-10(15-9)12(16)11-5-14-6-17-11/h1-6,15H. The minimum atomic E-state index is -0.0418. The van der Waals surface area contributed by atoms with Crippen molar-refractivity contribution in [3.63, 3.8) is 0 Å². The SMILES string of the molecule is O=C(c1cc2cc(Cl)ccc2[nH]1)c1cncs1. The first kappa shape index (κ1) is 10.5. The van der Waals surface area contributed by atoms with Crippen LogP contribution in [0.5, 0.6) is 0 Å². The van der Waals surface area contributed by atoms with Gasteiger partial charge in [0, 0.05) is 22.1 Å². The Morgan fingerprint density at radius 3 is 3.00 bits per heavy atom. The molecule has 0 aliphatic rings. The van der Waals surface area contributed by atoms with Crippen LogP contribution in [0.25, 0.3) is 10.9 Å². The number of halogens is 1. The van der Waals surface area contributed by atoms with E-state index in [-0.39, 0.29) is 5.78 Å². The molecule has 0 aliphatic carbocycles. The van der Waals surface area contributed by atoms with Crippen LogP contribution in [0, 0.1) is 0 Å². The lowest BCUT2D eigenvalue weighted by Gasteiger charge is -1.91. The summed E-state index contributed by atoms with van der Waals surface area (Å²) in [4.78, 5) is 19.7. The van der Waals surface area contributed by atoms with Crippen LogP contribution in [-0.2, 0) is 0 Å². The first-order valence-corrected chi connectivity index (χ1v) is 6.21. The zero-order valence-electron chi connectivity index (χ0n) is 8.61. The summed E-state index contributed by atoms with van der Waals surface area (Å²) in [6, 6.07) is 7.29. The van der Waals surface area contributed by atoms with Crippen LogP contribution in [0.15, 0.2) is 36.0 Å². The lowest BCUT2D eigenvalue weighted by Crippen LogP contribution is -1.98. The molecule has 1 aromatic carbocycles. The summed E-state index contributed by atoms with van der Waals surface area (Å²) in [6.07, 6.45) is 1.57. The average molecular weight is 263 g/mol. The lowest BCUT2D eigenvalue weighted by atomic mass is 10.2. The molecule has 2 aromatic heterocycles. The number of thiazole rings is 1. The number of nitrogens with zero attached hydrogens (tertiary/aromatic N) is 1. The van der Waals surface area contributed by atoms with Crippen molar-refractivity contribution < 1.29 is 4.79 Å². The molecule has 0 radical (unpaired) electrons. The smallest absolute Gasteiger partial charge is 0.220 e. The van der Waals surface area contributed by atoms with Gasteiger partial charge in [0.25, 0.3) is 0 Å². The van der Waals surface area contributed by atoms with Gasteiger partial charge in [-0.1, -0.05) is 11.6 Å². The van der Waals surface area contributed by atoms with Crippen LogP contribution in [-0.4, -0.2) is 15.8 Å². The maximum Gasteiger partial charge on any atom is 0.220 e. The molecular formula is C12H7ClN2OS. The average Bonchev–Trinajstić information content (AvgIpc) is 2.96. The Labute approximate surface area is 106 Å². The first-order chi connectivity index (χ1) is 8.24.